The van der Waals surface area contributed by atoms with Crippen molar-refractivity contribution in [3.63, 3.8) is 0 Å². The van der Waals surface area contributed by atoms with E-state index >= 15 is 0 Å². The molecule has 0 aliphatic heterocycles. The molecule has 0 nitrogen and oxygen atoms in total. The quantitative estimate of drug-likeness (QED) is 0.434. The molecule has 0 bridgehead atoms. The first-order valence-corrected chi connectivity index (χ1v) is 7.01. The second-order valence-electron chi connectivity index (χ2n) is 3.79. The number of halogens is 7. The highest BCUT2D eigenvalue weighted by molar-refractivity contribution is 9.10. The fourth-order valence-corrected chi connectivity index (χ4v) is 3.60. The highest BCUT2D eigenvalue weighted by Crippen LogP contribution is 2.50. The fraction of sp³-hybridized carbons (Fsp3) is 0.273. The van der Waals surface area contributed by atoms with Crippen molar-refractivity contribution in [2.75, 3.05) is 0 Å². The maximum atomic E-state index is 13.3. The standard InChI is InChI=1S/C11H5BrClF5S/c12-7-3-1-2-5-6(4-19-8(5)7)9(13)10(14,15)11(16,17)18/h1-4,9H. The van der Waals surface area contributed by atoms with Gasteiger partial charge in [-0.2, -0.15) is 22.0 Å². The Morgan fingerprint density at radius 3 is 2.37 bits per heavy atom. The van der Waals surface area contributed by atoms with Crippen LogP contribution in [0.1, 0.15) is 10.9 Å². The molecule has 1 aromatic heterocycles. The molecule has 0 saturated carbocycles. The Balaban J connectivity index is 2.54. The summed E-state index contributed by atoms with van der Waals surface area (Å²) >= 11 is 9.65. The van der Waals surface area contributed by atoms with E-state index in [1.165, 1.54) is 11.4 Å². The van der Waals surface area contributed by atoms with Crippen LogP contribution in [0.15, 0.2) is 28.1 Å². The molecule has 19 heavy (non-hydrogen) atoms. The van der Waals surface area contributed by atoms with Crippen LogP contribution >= 0.6 is 38.9 Å². The summed E-state index contributed by atoms with van der Waals surface area (Å²) in [5.41, 5.74) is -0.217. The molecule has 1 heterocycles. The Labute approximate surface area is 122 Å². The molecule has 0 aliphatic carbocycles. The molecule has 1 atom stereocenters. The Morgan fingerprint density at radius 2 is 1.79 bits per heavy atom. The molecule has 0 aliphatic rings. The van der Waals surface area contributed by atoms with Crippen LogP contribution in [0.4, 0.5) is 22.0 Å². The first-order chi connectivity index (χ1) is 8.66. The van der Waals surface area contributed by atoms with Crippen molar-refractivity contribution in [2.24, 2.45) is 0 Å². The minimum absolute atomic E-state index is 0.217. The van der Waals surface area contributed by atoms with Crippen LogP contribution in [0, 0.1) is 0 Å². The van der Waals surface area contributed by atoms with Crippen LogP contribution in [0.3, 0.4) is 0 Å². The first kappa shape index (κ1) is 15.0. The number of hydrogen-bond donors (Lipinski definition) is 0. The summed E-state index contributed by atoms with van der Waals surface area (Å²) in [6, 6.07) is 4.69. The predicted octanol–water partition coefficient (Wildman–Crippen LogP) is 6.14. The summed E-state index contributed by atoms with van der Waals surface area (Å²) in [6.07, 6.45) is -5.68. The van der Waals surface area contributed by atoms with E-state index in [0.717, 1.165) is 11.3 Å². The van der Waals surface area contributed by atoms with Gasteiger partial charge in [0.2, 0.25) is 0 Å². The third kappa shape index (κ3) is 2.48. The summed E-state index contributed by atoms with van der Waals surface area (Å²) in [7, 11) is 0. The molecule has 8 heteroatoms. The van der Waals surface area contributed by atoms with Crippen LogP contribution in [0.5, 0.6) is 0 Å². The van der Waals surface area contributed by atoms with Crippen LogP contribution < -0.4 is 0 Å². The zero-order valence-corrected chi connectivity index (χ0v) is 12.1. The van der Waals surface area contributed by atoms with E-state index in [1.54, 1.807) is 12.1 Å². The van der Waals surface area contributed by atoms with E-state index in [1.807, 2.05) is 0 Å². The normalized spacial score (nSPS) is 14.9. The average Bonchev–Trinajstić information content (AvgIpc) is 2.71. The van der Waals surface area contributed by atoms with Gasteiger partial charge in [-0.1, -0.05) is 12.1 Å². The van der Waals surface area contributed by atoms with Crippen molar-refractivity contribution in [1.82, 2.24) is 0 Å². The number of hydrogen-bond acceptors (Lipinski definition) is 1. The van der Waals surface area contributed by atoms with E-state index in [-0.39, 0.29) is 5.56 Å². The van der Waals surface area contributed by atoms with Gasteiger partial charge in [0.25, 0.3) is 0 Å². The SMILES string of the molecule is FC(F)(F)C(F)(F)C(Cl)c1csc2c(Br)cccc12. The minimum Gasteiger partial charge on any atom is -0.194 e. The number of benzene rings is 1. The molecule has 2 rings (SSSR count). The molecule has 0 spiro atoms. The first-order valence-electron chi connectivity index (χ1n) is 4.90. The third-order valence-electron chi connectivity index (χ3n) is 2.55. The smallest absolute Gasteiger partial charge is 0.194 e. The number of rotatable bonds is 2. The molecule has 2 aromatic rings. The molecule has 104 valence electrons. The Kier molecular flexibility index (Phi) is 3.83. The van der Waals surface area contributed by atoms with Crippen molar-refractivity contribution in [2.45, 2.75) is 17.5 Å². The summed E-state index contributed by atoms with van der Waals surface area (Å²) in [4.78, 5) is 0. The number of fused-ring (bicyclic) bond motifs is 1. The third-order valence-corrected chi connectivity index (χ3v) is 5.03. The van der Waals surface area contributed by atoms with Gasteiger partial charge in [0.1, 0.15) is 5.38 Å². The monoisotopic (exact) mass is 378 g/mol. The largest absolute Gasteiger partial charge is 0.455 e. The zero-order valence-electron chi connectivity index (χ0n) is 8.94. The molecular weight excluding hydrogens is 375 g/mol. The van der Waals surface area contributed by atoms with Gasteiger partial charge in [0, 0.05) is 9.17 Å². The fourth-order valence-electron chi connectivity index (χ4n) is 1.58. The van der Waals surface area contributed by atoms with E-state index in [0.29, 0.717) is 14.6 Å². The maximum absolute atomic E-state index is 13.3. The van der Waals surface area contributed by atoms with E-state index in [2.05, 4.69) is 15.9 Å². The lowest BCUT2D eigenvalue weighted by Crippen LogP contribution is -2.40. The van der Waals surface area contributed by atoms with Crippen molar-refractivity contribution in [3.8, 4) is 0 Å². The maximum Gasteiger partial charge on any atom is 0.455 e. The number of alkyl halides is 6. The van der Waals surface area contributed by atoms with Crippen molar-refractivity contribution >= 4 is 49.0 Å². The summed E-state index contributed by atoms with van der Waals surface area (Å²) < 4.78 is 64.7. The van der Waals surface area contributed by atoms with Gasteiger partial charge < -0.3 is 0 Å². The molecule has 0 saturated heterocycles. The molecule has 1 unspecified atom stereocenters. The van der Waals surface area contributed by atoms with Gasteiger partial charge in [-0.3, -0.25) is 0 Å². The molecule has 0 N–H and O–H groups in total. The van der Waals surface area contributed by atoms with E-state index in [9.17, 15) is 22.0 Å². The predicted molar refractivity (Wildman–Crippen MR) is 69.1 cm³/mol. The summed E-state index contributed by atoms with van der Waals surface area (Å²) in [6.45, 7) is 0. The van der Waals surface area contributed by atoms with Crippen molar-refractivity contribution in [1.29, 1.82) is 0 Å². The highest BCUT2D eigenvalue weighted by atomic mass is 79.9. The lowest BCUT2D eigenvalue weighted by molar-refractivity contribution is -0.283. The lowest BCUT2D eigenvalue weighted by atomic mass is 10.1. The minimum atomic E-state index is -5.68. The zero-order chi connectivity index (χ0) is 14.4. The Bertz CT molecular complexity index is 607. The van der Waals surface area contributed by atoms with Crippen LogP contribution in [-0.2, 0) is 0 Å². The summed E-state index contributed by atoms with van der Waals surface area (Å²) in [5, 5.41) is -0.925. The van der Waals surface area contributed by atoms with E-state index in [4.69, 9.17) is 11.6 Å². The lowest BCUT2D eigenvalue weighted by Gasteiger charge is -2.24. The molecular formula is C11H5BrClF5S. The average molecular weight is 380 g/mol. The van der Waals surface area contributed by atoms with Crippen molar-refractivity contribution in [3.05, 3.63) is 33.6 Å². The van der Waals surface area contributed by atoms with Crippen LogP contribution in [0.25, 0.3) is 10.1 Å². The van der Waals surface area contributed by atoms with Gasteiger partial charge in [-0.25, -0.2) is 0 Å². The Morgan fingerprint density at radius 1 is 1.16 bits per heavy atom. The second kappa shape index (κ2) is 4.86. The Hall–Kier alpha value is -0.400. The molecule has 0 radical (unpaired) electrons. The van der Waals surface area contributed by atoms with Crippen LogP contribution in [0.2, 0.25) is 0 Å². The molecule has 0 amide bonds. The molecule has 0 fully saturated rings. The highest BCUT2D eigenvalue weighted by Gasteiger charge is 2.62. The van der Waals surface area contributed by atoms with Gasteiger partial charge in [-0.05, 0) is 38.3 Å². The van der Waals surface area contributed by atoms with Gasteiger partial charge in [-0.15, -0.1) is 22.9 Å². The topological polar surface area (TPSA) is 0 Å². The summed E-state index contributed by atoms with van der Waals surface area (Å²) in [5.74, 6) is -4.98. The van der Waals surface area contributed by atoms with Crippen LogP contribution in [-0.4, -0.2) is 12.1 Å². The number of thiophene rings is 1. The van der Waals surface area contributed by atoms with Crippen molar-refractivity contribution < 1.29 is 22.0 Å². The van der Waals surface area contributed by atoms with Gasteiger partial charge in [0.05, 0.1) is 0 Å². The van der Waals surface area contributed by atoms with Gasteiger partial charge in [0.15, 0.2) is 0 Å². The second-order valence-corrected chi connectivity index (χ2v) is 5.96. The van der Waals surface area contributed by atoms with E-state index < -0.39 is 17.5 Å². The van der Waals surface area contributed by atoms with Gasteiger partial charge >= 0.3 is 12.1 Å². The molecule has 1 aromatic carbocycles.